The second-order valence-electron chi connectivity index (χ2n) is 2.97. The van der Waals surface area contributed by atoms with E-state index in [0.29, 0.717) is 0 Å². The molecule has 1 N–H and O–H groups in total. The van der Waals surface area contributed by atoms with Gasteiger partial charge in [0.25, 0.3) is 0 Å². The van der Waals surface area contributed by atoms with Crippen LogP contribution in [0, 0.1) is 0 Å². The molecule has 0 unspecified atom stereocenters. The fourth-order valence-electron chi connectivity index (χ4n) is 0.927. The molecule has 0 saturated heterocycles. The van der Waals surface area contributed by atoms with Crippen LogP contribution >= 0.6 is 0 Å². The monoisotopic (exact) mass is 284 g/mol. The Labute approximate surface area is 99.8 Å². The Kier molecular flexibility index (Phi) is 3.79. The molecular weight excluding hydrogens is 277 g/mol. The number of ether oxygens (including phenoxy) is 1. The molecule has 100 valence electrons. The van der Waals surface area contributed by atoms with Crippen LogP contribution in [0.15, 0.2) is 18.3 Å². The van der Waals surface area contributed by atoms with Crippen molar-refractivity contribution >= 4 is 21.8 Å². The third-order valence-corrected chi connectivity index (χ3v) is 2.81. The number of aromatic nitrogens is 1. The lowest BCUT2D eigenvalue weighted by Crippen LogP contribution is -2.30. The van der Waals surface area contributed by atoms with Gasteiger partial charge in [0.15, 0.2) is 0 Å². The lowest BCUT2D eigenvalue weighted by Gasteiger charge is -2.10. The third kappa shape index (κ3) is 3.09. The topological polar surface area (TPSA) is 85.4 Å². The smallest absolute Gasteiger partial charge is 0.465 e. The second kappa shape index (κ2) is 4.80. The van der Waals surface area contributed by atoms with Gasteiger partial charge in [-0.2, -0.15) is 21.6 Å². The molecule has 1 aromatic rings. The largest absolute Gasteiger partial charge is 0.516 e. The maximum absolute atomic E-state index is 12.1. The molecule has 1 heterocycles. The van der Waals surface area contributed by atoms with Crippen LogP contribution in [0.1, 0.15) is 10.4 Å². The van der Waals surface area contributed by atoms with Gasteiger partial charge in [-0.3, -0.25) is 4.72 Å². The van der Waals surface area contributed by atoms with Crippen LogP contribution in [0.25, 0.3) is 0 Å². The van der Waals surface area contributed by atoms with E-state index >= 15 is 0 Å². The lowest BCUT2D eigenvalue weighted by molar-refractivity contribution is -0.0429. The first-order chi connectivity index (χ1) is 8.17. The average Bonchev–Trinajstić information content (AvgIpc) is 2.26. The van der Waals surface area contributed by atoms with Crippen molar-refractivity contribution in [3.05, 3.63) is 23.9 Å². The number of alkyl halides is 3. The molecule has 10 heteroatoms. The van der Waals surface area contributed by atoms with E-state index in [1.54, 1.807) is 0 Å². The molecule has 0 aliphatic rings. The Balaban J connectivity index is 3.04. The van der Waals surface area contributed by atoms with E-state index in [4.69, 9.17) is 0 Å². The van der Waals surface area contributed by atoms with E-state index < -0.39 is 27.3 Å². The molecule has 0 aliphatic carbocycles. The minimum Gasteiger partial charge on any atom is -0.465 e. The van der Waals surface area contributed by atoms with E-state index in [1.807, 2.05) is 0 Å². The van der Waals surface area contributed by atoms with Crippen molar-refractivity contribution in [1.82, 2.24) is 4.98 Å². The van der Waals surface area contributed by atoms with E-state index in [2.05, 4.69) is 9.72 Å². The summed E-state index contributed by atoms with van der Waals surface area (Å²) in [5.41, 5.74) is -5.59. The molecule has 0 atom stereocenters. The first kappa shape index (κ1) is 14.2. The quantitative estimate of drug-likeness (QED) is 0.841. The second-order valence-corrected chi connectivity index (χ2v) is 4.65. The van der Waals surface area contributed by atoms with Gasteiger partial charge in [0.05, 0.1) is 12.7 Å². The fraction of sp³-hybridized carbons (Fsp3) is 0.250. The highest BCUT2D eigenvalue weighted by atomic mass is 32.2. The predicted octanol–water partition coefficient (Wildman–Crippen LogP) is 1.13. The minimum atomic E-state index is -5.56. The molecule has 1 rings (SSSR count). The van der Waals surface area contributed by atoms with Crippen LogP contribution < -0.4 is 4.72 Å². The highest BCUT2D eigenvalue weighted by Gasteiger charge is 2.46. The molecule has 0 fully saturated rings. The number of rotatable bonds is 3. The number of halogens is 3. The van der Waals surface area contributed by atoms with Gasteiger partial charge in [-0.05, 0) is 12.1 Å². The van der Waals surface area contributed by atoms with Crippen molar-refractivity contribution in [1.29, 1.82) is 0 Å². The lowest BCUT2D eigenvalue weighted by atomic mass is 10.3. The van der Waals surface area contributed by atoms with Crippen LogP contribution in [0.4, 0.5) is 19.0 Å². The number of carbonyl (C=O) groups is 1. The van der Waals surface area contributed by atoms with E-state index in [1.165, 1.54) is 4.72 Å². The summed E-state index contributed by atoms with van der Waals surface area (Å²) >= 11 is 0. The molecule has 0 aromatic carbocycles. The van der Waals surface area contributed by atoms with Gasteiger partial charge in [-0.25, -0.2) is 9.78 Å². The van der Waals surface area contributed by atoms with Crippen molar-refractivity contribution in [2.45, 2.75) is 5.51 Å². The summed E-state index contributed by atoms with van der Waals surface area (Å²) in [6.45, 7) is 0. The molecule has 0 saturated carbocycles. The summed E-state index contributed by atoms with van der Waals surface area (Å²) in [5, 5.41) is 0. The Bertz CT molecular complexity index is 556. The van der Waals surface area contributed by atoms with Crippen molar-refractivity contribution in [3.8, 4) is 0 Å². The number of methoxy groups -OCH3 is 1. The molecule has 6 nitrogen and oxygen atoms in total. The zero-order valence-electron chi connectivity index (χ0n) is 8.85. The standard InChI is InChI=1S/C8H7F3N2O4S/c1-17-7(14)5-2-3-12-6(4-5)13-18(15,16)8(9,10)11/h2-4H,1H3,(H,12,13). The van der Waals surface area contributed by atoms with Gasteiger partial charge in [-0.1, -0.05) is 0 Å². The molecule has 18 heavy (non-hydrogen) atoms. The van der Waals surface area contributed by atoms with Gasteiger partial charge in [0, 0.05) is 6.20 Å². The van der Waals surface area contributed by atoms with Crippen molar-refractivity contribution < 1.29 is 31.1 Å². The number of nitrogens with zero attached hydrogens (tertiary/aromatic N) is 1. The number of hydrogen-bond acceptors (Lipinski definition) is 5. The Morgan fingerprint density at radius 2 is 2.06 bits per heavy atom. The molecule has 0 aliphatic heterocycles. The summed E-state index contributed by atoms with van der Waals surface area (Å²) < 4.78 is 63.3. The molecule has 0 spiro atoms. The van der Waals surface area contributed by atoms with Gasteiger partial charge in [-0.15, -0.1) is 0 Å². The van der Waals surface area contributed by atoms with Crippen molar-refractivity contribution in [2.24, 2.45) is 0 Å². The molecular formula is C8H7F3N2O4S. The highest BCUT2D eigenvalue weighted by molar-refractivity contribution is 7.93. The SMILES string of the molecule is COC(=O)c1ccnc(NS(=O)(=O)C(F)(F)F)c1. The predicted molar refractivity (Wildman–Crippen MR) is 54.2 cm³/mol. The van der Waals surface area contributed by atoms with Crippen LogP contribution in [0.5, 0.6) is 0 Å². The van der Waals surface area contributed by atoms with Gasteiger partial charge in [0.1, 0.15) is 5.82 Å². The van der Waals surface area contributed by atoms with Crippen molar-refractivity contribution in [2.75, 3.05) is 11.8 Å². The number of carbonyl (C=O) groups excluding carboxylic acids is 1. The zero-order valence-corrected chi connectivity index (χ0v) is 9.67. The number of esters is 1. The maximum Gasteiger partial charge on any atom is 0.516 e. The summed E-state index contributed by atoms with van der Waals surface area (Å²) in [4.78, 5) is 14.4. The summed E-state index contributed by atoms with van der Waals surface area (Å²) in [5.74, 6) is -1.46. The first-order valence-corrected chi connectivity index (χ1v) is 5.79. The van der Waals surface area contributed by atoms with Gasteiger partial charge >= 0.3 is 21.5 Å². The number of nitrogens with one attached hydrogen (secondary N) is 1. The van der Waals surface area contributed by atoms with Crippen LogP contribution in [0.2, 0.25) is 0 Å². The van der Waals surface area contributed by atoms with Crippen molar-refractivity contribution in [3.63, 3.8) is 0 Å². The normalized spacial score (nSPS) is 12.0. The minimum absolute atomic E-state index is 0.132. The third-order valence-electron chi connectivity index (χ3n) is 1.72. The van der Waals surface area contributed by atoms with Crippen LogP contribution in [0.3, 0.4) is 0 Å². The maximum atomic E-state index is 12.1. The fourth-order valence-corrected chi connectivity index (χ4v) is 1.43. The summed E-state index contributed by atoms with van der Waals surface area (Å²) in [7, 11) is -4.49. The highest BCUT2D eigenvalue weighted by Crippen LogP contribution is 2.24. The zero-order chi connectivity index (χ0) is 14.0. The van der Waals surface area contributed by atoms with E-state index in [0.717, 1.165) is 25.4 Å². The number of pyridine rings is 1. The van der Waals surface area contributed by atoms with E-state index in [-0.39, 0.29) is 5.56 Å². The number of anilines is 1. The molecule has 1 aromatic heterocycles. The Morgan fingerprint density at radius 3 is 2.56 bits per heavy atom. The van der Waals surface area contributed by atoms with Crippen LogP contribution in [-0.4, -0.2) is 32.0 Å². The van der Waals surface area contributed by atoms with E-state index in [9.17, 15) is 26.4 Å². The Morgan fingerprint density at radius 1 is 1.44 bits per heavy atom. The van der Waals surface area contributed by atoms with Gasteiger partial charge < -0.3 is 4.74 Å². The summed E-state index contributed by atoms with van der Waals surface area (Å²) in [6, 6.07) is 1.99. The van der Waals surface area contributed by atoms with Crippen LogP contribution in [-0.2, 0) is 14.8 Å². The molecule has 0 amide bonds. The first-order valence-electron chi connectivity index (χ1n) is 4.31. The summed E-state index contributed by atoms with van der Waals surface area (Å²) in [6.07, 6.45) is 0.973. The average molecular weight is 284 g/mol. The number of hydrogen-bond donors (Lipinski definition) is 1. The molecule has 0 bridgehead atoms. The molecule has 0 radical (unpaired) electrons. The van der Waals surface area contributed by atoms with Gasteiger partial charge in [0.2, 0.25) is 0 Å². The Hall–Kier alpha value is -1.84. The number of sulfonamides is 1.